The number of hydrogen-bond donors (Lipinski definition) is 3. The molecular weight excluding hydrogens is 330 g/mol. The van der Waals surface area contributed by atoms with E-state index in [1.165, 1.54) is 25.1 Å². The molecule has 0 aromatic heterocycles. The van der Waals surface area contributed by atoms with E-state index in [4.69, 9.17) is 4.84 Å². The number of aliphatic hydroxyl groups is 1. The van der Waals surface area contributed by atoms with Crippen molar-refractivity contribution < 1.29 is 24.3 Å². The molecule has 4 atom stereocenters. The minimum absolute atomic E-state index is 0.117. The van der Waals surface area contributed by atoms with Crippen molar-refractivity contribution in [3.05, 3.63) is 0 Å². The maximum atomic E-state index is 12.6. The van der Waals surface area contributed by atoms with E-state index in [0.29, 0.717) is 19.5 Å². The Bertz CT molecular complexity index is 601. The Morgan fingerprint density at radius 1 is 1.60 bits per heavy atom. The Balaban J connectivity index is 1.56. The average Bonchev–Trinajstić information content (AvgIpc) is 3.22. The van der Waals surface area contributed by atoms with Crippen LogP contribution < -0.4 is 10.6 Å². The number of rotatable bonds is 5. The third kappa shape index (κ3) is 3.01. The molecule has 0 aliphatic carbocycles. The molecule has 2 saturated heterocycles. The number of amides is 3. The number of likely N-dealkylation sites (tertiary alicyclic amines) is 2. The van der Waals surface area contributed by atoms with Crippen LogP contribution in [0.15, 0.2) is 5.16 Å². The minimum atomic E-state index is -0.871. The van der Waals surface area contributed by atoms with E-state index in [1.807, 2.05) is 0 Å². The summed E-state index contributed by atoms with van der Waals surface area (Å²) in [5.74, 6) is -0.713. The van der Waals surface area contributed by atoms with E-state index >= 15 is 0 Å². The van der Waals surface area contributed by atoms with E-state index in [1.54, 1.807) is 4.90 Å². The van der Waals surface area contributed by atoms with E-state index in [2.05, 4.69) is 15.8 Å². The lowest BCUT2D eigenvalue weighted by molar-refractivity contribution is -0.168. The van der Waals surface area contributed by atoms with Gasteiger partial charge in [-0.2, -0.15) is 0 Å². The maximum Gasteiger partial charge on any atom is 0.250 e. The van der Waals surface area contributed by atoms with E-state index in [9.17, 15) is 19.5 Å². The molecule has 25 heavy (non-hydrogen) atoms. The fourth-order valence-electron chi connectivity index (χ4n) is 3.76. The van der Waals surface area contributed by atoms with Crippen molar-refractivity contribution >= 4 is 24.1 Å². The second-order valence-electron chi connectivity index (χ2n) is 6.73. The summed E-state index contributed by atoms with van der Waals surface area (Å²) in [5.41, 5.74) is -0.764. The van der Waals surface area contributed by atoms with Crippen LogP contribution in [0.4, 0.5) is 0 Å². The zero-order valence-corrected chi connectivity index (χ0v) is 14.3. The number of nitrogens with one attached hydrogen (secondary N) is 2. The molecule has 3 amide bonds. The molecule has 2 fully saturated rings. The molecule has 4 unspecified atom stereocenters. The first kappa shape index (κ1) is 17.5. The highest BCUT2D eigenvalue weighted by molar-refractivity contribution is 5.99. The minimum Gasteiger partial charge on any atom is -0.391 e. The predicted molar refractivity (Wildman–Crippen MR) is 86.0 cm³/mol. The van der Waals surface area contributed by atoms with E-state index < -0.39 is 29.8 Å². The van der Waals surface area contributed by atoms with Gasteiger partial charge in [0.05, 0.1) is 19.2 Å². The largest absolute Gasteiger partial charge is 0.391 e. The molecule has 0 bridgehead atoms. The summed E-state index contributed by atoms with van der Waals surface area (Å²) in [7, 11) is 0. The normalized spacial score (nSPS) is 29.9. The van der Waals surface area contributed by atoms with Gasteiger partial charge in [-0.25, -0.2) is 0 Å². The third-order valence-corrected chi connectivity index (χ3v) is 4.98. The number of nitrogens with zero attached hydrogens (tertiary/aromatic N) is 3. The van der Waals surface area contributed by atoms with Crippen molar-refractivity contribution in [3.8, 4) is 0 Å². The van der Waals surface area contributed by atoms with Crippen LogP contribution in [0.25, 0.3) is 0 Å². The first-order valence-electron chi connectivity index (χ1n) is 8.34. The van der Waals surface area contributed by atoms with Crippen LogP contribution in [0.5, 0.6) is 0 Å². The van der Waals surface area contributed by atoms with Crippen LogP contribution in [0.3, 0.4) is 0 Å². The zero-order chi connectivity index (χ0) is 18.2. The second kappa shape index (κ2) is 6.51. The molecule has 3 aliphatic rings. The number of carbonyl (C=O) groups is 3. The highest BCUT2D eigenvalue weighted by atomic mass is 16.7. The van der Waals surface area contributed by atoms with Gasteiger partial charge in [0.1, 0.15) is 17.9 Å². The fourth-order valence-corrected chi connectivity index (χ4v) is 3.76. The molecule has 138 valence electrons. The predicted octanol–water partition coefficient (Wildman–Crippen LogP) is -2.04. The number of oxime groups is 1. The highest BCUT2D eigenvalue weighted by Crippen LogP contribution is 2.38. The molecule has 3 heterocycles. The van der Waals surface area contributed by atoms with Crippen LogP contribution in [0.2, 0.25) is 0 Å². The van der Waals surface area contributed by atoms with Gasteiger partial charge < -0.3 is 30.4 Å². The Morgan fingerprint density at radius 3 is 2.92 bits per heavy atom. The molecule has 0 aromatic rings. The second-order valence-corrected chi connectivity index (χ2v) is 6.73. The molecular formula is C15H23N5O5. The molecule has 0 saturated carbocycles. The number of aliphatic hydroxyl groups excluding tert-OH is 1. The molecule has 0 aromatic carbocycles. The Labute approximate surface area is 145 Å². The standard InChI is InChI=1S/C15H23N5O5/c1-9(21)12(13-16-8-17-25-13)18-11(23)6-19-7-15(14(19)24)4-3-5-20(15)10(2)22/h8-9,12-13,21H,3-7H2,1-2H3,(H,16,17)(H,18,23). The van der Waals surface area contributed by atoms with E-state index in [-0.39, 0.29) is 18.4 Å². The van der Waals surface area contributed by atoms with Gasteiger partial charge in [0.15, 0.2) is 0 Å². The molecule has 3 rings (SSSR count). The Hall–Kier alpha value is -2.36. The quantitative estimate of drug-likeness (QED) is 0.490. The molecule has 3 aliphatic heterocycles. The van der Waals surface area contributed by atoms with Gasteiger partial charge in [-0.3, -0.25) is 14.4 Å². The van der Waals surface area contributed by atoms with Crippen LogP contribution in [0.1, 0.15) is 26.7 Å². The number of β-lactam (4-membered cyclic amide) rings is 1. The van der Waals surface area contributed by atoms with E-state index in [0.717, 1.165) is 6.42 Å². The van der Waals surface area contributed by atoms with Gasteiger partial charge in [-0.1, -0.05) is 5.16 Å². The van der Waals surface area contributed by atoms with Crippen molar-refractivity contribution in [2.24, 2.45) is 5.16 Å². The maximum absolute atomic E-state index is 12.6. The van der Waals surface area contributed by atoms with Gasteiger partial charge in [0.25, 0.3) is 5.91 Å². The summed E-state index contributed by atoms with van der Waals surface area (Å²) in [6, 6.07) is -0.708. The third-order valence-electron chi connectivity index (χ3n) is 4.98. The van der Waals surface area contributed by atoms with Gasteiger partial charge in [-0.15, -0.1) is 0 Å². The average molecular weight is 353 g/mol. The van der Waals surface area contributed by atoms with Crippen molar-refractivity contribution in [3.63, 3.8) is 0 Å². The molecule has 10 nitrogen and oxygen atoms in total. The van der Waals surface area contributed by atoms with Gasteiger partial charge in [0, 0.05) is 13.5 Å². The first-order chi connectivity index (χ1) is 11.8. The Kier molecular flexibility index (Phi) is 4.55. The molecule has 0 radical (unpaired) electrons. The zero-order valence-electron chi connectivity index (χ0n) is 14.3. The molecule has 1 spiro atoms. The summed E-state index contributed by atoms with van der Waals surface area (Å²) in [6.07, 6.45) is 1.23. The van der Waals surface area contributed by atoms with Crippen molar-refractivity contribution in [2.75, 3.05) is 19.6 Å². The Morgan fingerprint density at radius 2 is 2.36 bits per heavy atom. The number of hydrogen-bond acceptors (Lipinski definition) is 7. The molecule has 10 heteroatoms. The topological polar surface area (TPSA) is 124 Å². The summed E-state index contributed by atoms with van der Waals surface area (Å²) in [5, 5.41) is 18.8. The SMILES string of the molecule is CC(=O)N1CCCC12CN(CC(=O)NC(C(C)O)C1NC=NO1)C2=O. The number of carbonyl (C=O) groups excluding carboxylic acids is 3. The smallest absolute Gasteiger partial charge is 0.250 e. The van der Waals surface area contributed by atoms with Crippen LogP contribution >= 0.6 is 0 Å². The van der Waals surface area contributed by atoms with Crippen LogP contribution in [-0.2, 0) is 19.2 Å². The summed E-state index contributed by atoms with van der Waals surface area (Å²) < 4.78 is 0. The summed E-state index contributed by atoms with van der Waals surface area (Å²) in [4.78, 5) is 44.6. The summed E-state index contributed by atoms with van der Waals surface area (Å²) in [6.45, 7) is 3.81. The van der Waals surface area contributed by atoms with Crippen molar-refractivity contribution in [1.82, 2.24) is 20.4 Å². The highest BCUT2D eigenvalue weighted by Gasteiger charge is 2.59. The monoisotopic (exact) mass is 353 g/mol. The molecule has 3 N–H and O–H groups in total. The summed E-state index contributed by atoms with van der Waals surface area (Å²) >= 11 is 0. The van der Waals surface area contributed by atoms with Gasteiger partial charge in [-0.05, 0) is 19.8 Å². The van der Waals surface area contributed by atoms with Crippen molar-refractivity contribution in [2.45, 2.75) is 50.6 Å². The lowest BCUT2D eigenvalue weighted by Crippen LogP contribution is -2.73. The lowest BCUT2D eigenvalue weighted by Gasteiger charge is -2.50. The lowest BCUT2D eigenvalue weighted by atomic mass is 9.85. The van der Waals surface area contributed by atoms with Gasteiger partial charge >= 0.3 is 0 Å². The first-order valence-corrected chi connectivity index (χ1v) is 8.34. The van der Waals surface area contributed by atoms with Crippen molar-refractivity contribution in [1.29, 1.82) is 0 Å². The van der Waals surface area contributed by atoms with Crippen LogP contribution in [0, 0.1) is 0 Å². The fraction of sp³-hybridized carbons (Fsp3) is 0.733. The van der Waals surface area contributed by atoms with Crippen LogP contribution in [-0.4, -0.2) is 82.5 Å². The van der Waals surface area contributed by atoms with Gasteiger partial charge in [0.2, 0.25) is 18.0 Å².